The summed E-state index contributed by atoms with van der Waals surface area (Å²) < 4.78 is 1.64. The van der Waals surface area contributed by atoms with E-state index in [1.165, 1.54) is 11.9 Å². The van der Waals surface area contributed by atoms with Crippen LogP contribution in [0.3, 0.4) is 0 Å². The summed E-state index contributed by atoms with van der Waals surface area (Å²) in [4.78, 5) is 23.1. The maximum Gasteiger partial charge on any atom is 0.250 e. The van der Waals surface area contributed by atoms with Crippen LogP contribution in [0, 0.1) is 5.92 Å². The molecular formula is C17H23N5O. The molecule has 6 nitrogen and oxygen atoms in total. The lowest BCUT2D eigenvalue weighted by molar-refractivity contribution is -0.141. The maximum absolute atomic E-state index is 12.9. The summed E-state index contributed by atoms with van der Waals surface area (Å²) >= 11 is 0. The van der Waals surface area contributed by atoms with Crippen molar-refractivity contribution in [3.63, 3.8) is 0 Å². The fraction of sp³-hybridized carbons (Fsp3) is 0.529. The van der Waals surface area contributed by atoms with Crippen LogP contribution in [0.1, 0.15) is 32.3 Å². The highest BCUT2D eigenvalue weighted by molar-refractivity contribution is 5.83. The van der Waals surface area contributed by atoms with E-state index in [2.05, 4.69) is 21.1 Å². The molecule has 0 radical (unpaired) electrons. The summed E-state index contributed by atoms with van der Waals surface area (Å²) in [5.41, 5.74) is 0.537. The Labute approximate surface area is 136 Å². The Hall–Kier alpha value is -2.24. The third-order valence-corrected chi connectivity index (χ3v) is 4.57. The Morgan fingerprint density at radius 1 is 1.39 bits per heavy atom. The normalized spacial score (nSPS) is 18.9. The fourth-order valence-electron chi connectivity index (χ4n) is 3.25. The number of likely N-dealkylation sites (tertiary alicyclic amines) is 1. The van der Waals surface area contributed by atoms with Crippen LogP contribution in [0.4, 0.5) is 0 Å². The summed E-state index contributed by atoms with van der Waals surface area (Å²) in [5, 5.41) is 4.14. The summed E-state index contributed by atoms with van der Waals surface area (Å²) in [6.07, 6.45) is 9.96. The number of aromatic nitrogens is 4. The Kier molecular flexibility index (Phi) is 4.41. The number of amides is 1. The number of piperidine rings is 1. The van der Waals surface area contributed by atoms with E-state index in [4.69, 9.17) is 0 Å². The highest BCUT2D eigenvalue weighted by Crippen LogP contribution is 2.25. The van der Waals surface area contributed by atoms with Gasteiger partial charge >= 0.3 is 0 Å². The molecule has 2 aromatic heterocycles. The zero-order valence-electron chi connectivity index (χ0n) is 13.7. The molecule has 1 unspecified atom stereocenters. The largest absolute Gasteiger partial charge is 0.340 e. The van der Waals surface area contributed by atoms with Crippen LogP contribution in [0.15, 0.2) is 37.2 Å². The Morgan fingerprint density at radius 3 is 2.96 bits per heavy atom. The van der Waals surface area contributed by atoms with Crippen LogP contribution in [0.5, 0.6) is 0 Å². The smallest absolute Gasteiger partial charge is 0.250 e. The van der Waals surface area contributed by atoms with Crippen LogP contribution in [-0.2, 0) is 16.8 Å². The molecule has 3 heterocycles. The summed E-state index contributed by atoms with van der Waals surface area (Å²) in [7, 11) is 0. The molecule has 0 aliphatic carbocycles. The maximum atomic E-state index is 12.9. The number of hydrogen-bond donors (Lipinski definition) is 0. The van der Waals surface area contributed by atoms with Gasteiger partial charge in [-0.15, -0.1) is 0 Å². The summed E-state index contributed by atoms with van der Waals surface area (Å²) in [5.74, 6) is 0.599. The second-order valence-corrected chi connectivity index (χ2v) is 6.72. The highest BCUT2D eigenvalue weighted by atomic mass is 16.2. The van der Waals surface area contributed by atoms with Crippen molar-refractivity contribution < 1.29 is 4.79 Å². The van der Waals surface area contributed by atoms with Gasteiger partial charge in [-0.2, -0.15) is 5.10 Å². The molecule has 0 aromatic carbocycles. The molecular weight excluding hydrogens is 290 g/mol. The van der Waals surface area contributed by atoms with Crippen LogP contribution in [0.2, 0.25) is 0 Å². The lowest BCUT2D eigenvalue weighted by atomic mass is 9.90. The molecule has 1 saturated heterocycles. The molecule has 0 saturated carbocycles. The first kappa shape index (κ1) is 15.6. The molecule has 6 heteroatoms. The summed E-state index contributed by atoms with van der Waals surface area (Å²) in [6.45, 7) is 5.41. The van der Waals surface area contributed by atoms with Gasteiger partial charge < -0.3 is 4.90 Å². The Morgan fingerprint density at radius 2 is 2.26 bits per heavy atom. The predicted octanol–water partition coefficient (Wildman–Crippen LogP) is 1.89. The van der Waals surface area contributed by atoms with Crippen molar-refractivity contribution in [2.45, 2.75) is 38.6 Å². The van der Waals surface area contributed by atoms with Crippen molar-refractivity contribution in [3.05, 3.63) is 42.7 Å². The monoisotopic (exact) mass is 313 g/mol. The van der Waals surface area contributed by atoms with Crippen molar-refractivity contribution >= 4 is 5.91 Å². The molecule has 3 rings (SSSR count). The van der Waals surface area contributed by atoms with E-state index in [9.17, 15) is 4.79 Å². The van der Waals surface area contributed by atoms with Gasteiger partial charge in [-0.3, -0.25) is 9.78 Å². The van der Waals surface area contributed by atoms with Crippen LogP contribution >= 0.6 is 0 Å². The van der Waals surface area contributed by atoms with E-state index in [1.807, 2.05) is 31.0 Å². The standard InChI is InChI=1S/C17H23N5O/c1-17(2,22-13-19-12-20-22)16(23)21-8-4-6-15(11-21)9-14-5-3-7-18-10-14/h3,5,7,10,12-13,15H,4,6,8-9,11H2,1-2H3. The van der Waals surface area contributed by atoms with E-state index in [1.54, 1.807) is 17.2 Å². The fourth-order valence-corrected chi connectivity index (χ4v) is 3.25. The van der Waals surface area contributed by atoms with Crippen molar-refractivity contribution in [3.8, 4) is 0 Å². The van der Waals surface area contributed by atoms with Gasteiger partial charge in [-0.25, -0.2) is 9.67 Å². The number of hydrogen-bond acceptors (Lipinski definition) is 4. The highest BCUT2D eigenvalue weighted by Gasteiger charge is 2.36. The molecule has 122 valence electrons. The van der Waals surface area contributed by atoms with Gasteiger partial charge in [-0.05, 0) is 50.7 Å². The lowest BCUT2D eigenvalue weighted by Gasteiger charge is -2.37. The second kappa shape index (κ2) is 6.48. The number of rotatable bonds is 4. The second-order valence-electron chi connectivity index (χ2n) is 6.72. The third-order valence-electron chi connectivity index (χ3n) is 4.57. The zero-order valence-corrected chi connectivity index (χ0v) is 13.7. The third kappa shape index (κ3) is 3.41. The minimum absolute atomic E-state index is 0.110. The van der Waals surface area contributed by atoms with Crippen molar-refractivity contribution in [1.29, 1.82) is 0 Å². The Bertz CT molecular complexity index is 638. The molecule has 1 atom stereocenters. The average molecular weight is 313 g/mol. The Balaban J connectivity index is 1.67. The topological polar surface area (TPSA) is 63.9 Å². The van der Waals surface area contributed by atoms with Crippen LogP contribution in [-0.4, -0.2) is 43.6 Å². The van der Waals surface area contributed by atoms with Crippen LogP contribution in [0.25, 0.3) is 0 Å². The van der Waals surface area contributed by atoms with E-state index in [0.29, 0.717) is 5.92 Å². The van der Waals surface area contributed by atoms with Crippen molar-refractivity contribution in [2.75, 3.05) is 13.1 Å². The molecule has 0 bridgehead atoms. The molecule has 1 fully saturated rings. The number of nitrogens with zero attached hydrogens (tertiary/aromatic N) is 5. The van der Waals surface area contributed by atoms with Gasteiger partial charge in [0.15, 0.2) is 0 Å². The van der Waals surface area contributed by atoms with Gasteiger partial charge in [0.1, 0.15) is 18.2 Å². The number of pyridine rings is 1. The summed E-state index contributed by atoms with van der Waals surface area (Å²) in [6, 6.07) is 4.07. The molecule has 0 N–H and O–H groups in total. The van der Waals surface area contributed by atoms with Gasteiger partial charge in [0.2, 0.25) is 5.91 Å². The minimum Gasteiger partial charge on any atom is -0.340 e. The number of carbonyl (C=O) groups excluding carboxylic acids is 1. The first-order valence-corrected chi connectivity index (χ1v) is 8.11. The molecule has 1 aliphatic rings. The molecule has 0 spiro atoms. The average Bonchev–Trinajstić information content (AvgIpc) is 3.11. The predicted molar refractivity (Wildman–Crippen MR) is 86.6 cm³/mol. The van der Waals surface area contributed by atoms with Gasteiger partial charge in [-0.1, -0.05) is 6.07 Å². The first-order valence-electron chi connectivity index (χ1n) is 8.11. The molecule has 1 aliphatic heterocycles. The van der Waals surface area contributed by atoms with Gasteiger partial charge in [0.25, 0.3) is 0 Å². The molecule has 1 amide bonds. The van der Waals surface area contributed by atoms with E-state index >= 15 is 0 Å². The first-order chi connectivity index (χ1) is 11.1. The minimum atomic E-state index is -0.702. The van der Waals surface area contributed by atoms with Gasteiger partial charge in [0.05, 0.1) is 0 Å². The van der Waals surface area contributed by atoms with Crippen LogP contribution < -0.4 is 0 Å². The van der Waals surface area contributed by atoms with E-state index < -0.39 is 5.54 Å². The molecule has 2 aromatic rings. The van der Waals surface area contributed by atoms with E-state index in [0.717, 1.165) is 32.4 Å². The van der Waals surface area contributed by atoms with E-state index in [-0.39, 0.29) is 5.91 Å². The van der Waals surface area contributed by atoms with Crippen molar-refractivity contribution in [2.24, 2.45) is 5.92 Å². The SMILES string of the molecule is CC(C)(C(=O)N1CCCC(Cc2cccnc2)C1)n1cncn1. The quantitative estimate of drug-likeness (QED) is 0.864. The zero-order chi connectivity index (χ0) is 16.3. The number of carbonyl (C=O) groups is 1. The van der Waals surface area contributed by atoms with Crippen molar-refractivity contribution in [1.82, 2.24) is 24.6 Å². The lowest BCUT2D eigenvalue weighted by Crippen LogP contribution is -2.50. The molecule has 23 heavy (non-hydrogen) atoms. The van der Waals surface area contributed by atoms with Gasteiger partial charge in [0, 0.05) is 25.5 Å².